The fourth-order valence-corrected chi connectivity index (χ4v) is 5.16. The molecule has 1 aliphatic heterocycles. The van der Waals surface area contributed by atoms with Gasteiger partial charge < -0.3 is 15.2 Å². The number of phenols is 1. The number of rotatable bonds is 2. The van der Waals surface area contributed by atoms with Crippen LogP contribution in [0.2, 0.25) is 0 Å². The summed E-state index contributed by atoms with van der Waals surface area (Å²) < 4.78 is 6.36. The van der Waals surface area contributed by atoms with Crippen molar-refractivity contribution in [2.45, 2.75) is 65.9 Å². The molecule has 0 saturated carbocycles. The van der Waals surface area contributed by atoms with Crippen LogP contribution in [0.4, 0.5) is 5.69 Å². The van der Waals surface area contributed by atoms with E-state index in [4.69, 9.17) is 4.74 Å². The molecule has 2 aromatic carbocycles. The van der Waals surface area contributed by atoms with Crippen LogP contribution < -0.4 is 10.1 Å². The Kier molecular flexibility index (Phi) is 4.92. The Hall–Kier alpha value is -2.75. The van der Waals surface area contributed by atoms with Gasteiger partial charge in [-0.15, -0.1) is 0 Å². The number of carbonyl (C=O) groups is 1. The minimum Gasteiger partial charge on any atom is -0.507 e. The number of aryl methyl sites for hydroxylation is 3. The summed E-state index contributed by atoms with van der Waals surface area (Å²) in [7, 11) is 0. The van der Waals surface area contributed by atoms with E-state index in [1.807, 2.05) is 45.0 Å². The number of hydrogen-bond donors (Lipinski definition) is 2. The van der Waals surface area contributed by atoms with Gasteiger partial charge in [0.05, 0.1) is 5.56 Å². The summed E-state index contributed by atoms with van der Waals surface area (Å²) in [6.45, 7) is 12.2. The van der Waals surface area contributed by atoms with Crippen molar-refractivity contribution in [3.8, 4) is 11.5 Å². The molecule has 1 heterocycles. The highest BCUT2D eigenvalue weighted by Crippen LogP contribution is 2.54. The van der Waals surface area contributed by atoms with Gasteiger partial charge in [0.1, 0.15) is 17.1 Å². The highest BCUT2D eigenvalue weighted by Gasteiger charge is 2.46. The van der Waals surface area contributed by atoms with Gasteiger partial charge in [0, 0.05) is 23.1 Å². The number of hydrogen-bond acceptors (Lipinski definition) is 3. The molecule has 1 aliphatic carbocycles. The van der Waals surface area contributed by atoms with E-state index >= 15 is 0 Å². The molecule has 4 rings (SSSR count). The first-order chi connectivity index (χ1) is 14.1. The van der Waals surface area contributed by atoms with Crippen molar-refractivity contribution in [1.82, 2.24) is 0 Å². The third-order valence-electron chi connectivity index (χ3n) is 6.79. The molecule has 2 atom stereocenters. The molecule has 1 amide bonds. The van der Waals surface area contributed by atoms with Crippen LogP contribution in [-0.2, 0) is 0 Å². The monoisotopic (exact) mass is 405 g/mol. The number of anilines is 1. The largest absolute Gasteiger partial charge is 0.507 e. The van der Waals surface area contributed by atoms with Gasteiger partial charge >= 0.3 is 0 Å². The SMILES string of the molecule is CC1=CC2c3c(cc(C)c(C(=O)Nc4c(C)cccc4C)c3O)OC(C)(C)C2CC1. The van der Waals surface area contributed by atoms with Gasteiger partial charge in [-0.1, -0.05) is 29.8 Å². The molecule has 4 heteroatoms. The van der Waals surface area contributed by atoms with Crippen LogP contribution in [0, 0.1) is 26.7 Å². The van der Waals surface area contributed by atoms with E-state index < -0.39 is 0 Å². The molecule has 2 N–H and O–H groups in total. The molecule has 2 aromatic rings. The lowest BCUT2D eigenvalue weighted by atomic mass is 9.67. The number of phenolic OH excluding ortho intramolecular Hbond substituents is 1. The summed E-state index contributed by atoms with van der Waals surface area (Å²) in [5.41, 5.74) is 5.56. The average Bonchev–Trinajstić information content (AvgIpc) is 2.63. The maximum atomic E-state index is 13.3. The summed E-state index contributed by atoms with van der Waals surface area (Å²) in [5, 5.41) is 14.4. The zero-order valence-corrected chi connectivity index (χ0v) is 18.7. The summed E-state index contributed by atoms with van der Waals surface area (Å²) in [4.78, 5) is 13.3. The number of aromatic hydroxyl groups is 1. The summed E-state index contributed by atoms with van der Waals surface area (Å²) in [6.07, 6.45) is 4.30. The van der Waals surface area contributed by atoms with Crippen LogP contribution in [0.3, 0.4) is 0 Å². The normalized spacial score (nSPS) is 21.7. The average molecular weight is 406 g/mol. The van der Waals surface area contributed by atoms with Crippen LogP contribution in [0.5, 0.6) is 11.5 Å². The first-order valence-corrected chi connectivity index (χ1v) is 10.7. The molecule has 4 nitrogen and oxygen atoms in total. The first kappa shape index (κ1) is 20.5. The molecular weight excluding hydrogens is 374 g/mol. The van der Waals surface area contributed by atoms with Crippen LogP contribution in [0.1, 0.15) is 72.1 Å². The molecule has 2 aliphatic rings. The molecule has 0 aromatic heterocycles. The predicted octanol–water partition coefficient (Wildman–Crippen LogP) is 6.18. The van der Waals surface area contributed by atoms with Crippen molar-refractivity contribution < 1.29 is 14.6 Å². The Morgan fingerprint density at radius 1 is 1.13 bits per heavy atom. The molecule has 30 heavy (non-hydrogen) atoms. The maximum absolute atomic E-state index is 13.3. The second kappa shape index (κ2) is 7.19. The Balaban J connectivity index is 1.82. The van der Waals surface area contributed by atoms with Gasteiger partial charge in [0.25, 0.3) is 5.91 Å². The quantitative estimate of drug-likeness (QED) is 0.587. The topological polar surface area (TPSA) is 58.6 Å². The molecule has 0 fully saturated rings. The first-order valence-electron chi connectivity index (χ1n) is 10.7. The molecule has 0 radical (unpaired) electrons. The smallest absolute Gasteiger partial charge is 0.259 e. The Morgan fingerprint density at radius 2 is 1.80 bits per heavy atom. The van der Waals surface area contributed by atoms with Crippen LogP contribution >= 0.6 is 0 Å². The molecular formula is C26H31NO3. The number of benzene rings is 2. The van der Waals surface area contributed by atoms with E-state index in [1.165, 1.54) is 5.57 Å². The van der Waals surface area contributed by atoms with Crippen molar-refractivity contribution >= 4 is 11.6 Å². The van der Waals surface area contributed by atoms with E-state index in [0.29, 0.717) is 16.9 Å². The molecule has 0 saturated heterocycles. The number of fused-ring (bicyclic) bond motifs is 3. The minimum absolute atomic E-state index is 0.0462. The fraction of sp³-hybridized carbons (Fsp3) is 0.423. The van der Waals surface area contributed by atoms with Crippen molar-refractivity contribution in [2.24, 2.45) is 5.92 Å². The minimum atomic E-state index is -0.324. The van der Waals surface area contributed by atoms with Crippen LogP contribution in [0.25, 0.3) is 0 Å². The predicted molar refractivity (Wildman–Crippen MR) is 121 cm³/mol. The van der Waals surface area contributed by atoms with E-state index in [9.17, 15) is 9.90 Å². The highest BCUT2D eigenvalue weighted by molar-refractivity contribution is 6.08. The standard InChI is InChI=1S/C26H31NO3/c1-14-10-11-19-18(12-14)22-20(30-26(19,5)6)13-17(4)21(24(22)28)25(29)27-23-15(2)8-7-9-16(23)3/h7-9,12-13,18-19,28H,10-11H2,1-6H3,(H,27,29). The number of allylic oxidation sites excluding steroid dienone is 2. The lowest BCUT2D eigenvalue weighted by molar-refractivity contribution is 0.0107. The molecule has 0 bridgehead atoms. The summed E-state index contributed by atoms with van der Waals surface area (Å²) in [5.74, 6) is 0.751. The maximum Gasteiger partial charge on any atom is 0.259 e. The van der Waals surface area contributed by atoms with Gasteiger partial charge in [-0.3, -0.25) is 4.79 Å². The Morgan fingerprint density at radius 3 is 2.47 bits per heavy atom. The second-order valence-electron chi connectivity index (χ2n) is 9.44. The zero-order valence-electron chi connectivity index (χ0n) is 18.7. The number of nitrogens with one attached hydrogen (secondary N) is 1. The lowest BCUT2D eigenvalue weighted by Crippen LogP contribution is -2.45. The third-order valence-corrected chi connectivity index (χ3v) is 6.79. The van der Waals surface area contributed by atoms with Gasteiger partial charge in [0.2, 0.25) is 0 Å². The second-order valence-corrected chi connectivity index (χ2v) is 9.44. The van der Waals surface area contributed by atoms with Gasteiger partial charge in [-0.25, -0.2) is 0 Å². The number of para-hydroxylation sites is 1. The van der Waals surface area contributed by atoms with Crippen molar-refractivity contribution in [3.05, 3.63) is 63.7 Å². The van der Waals surface area contributed by atoms with Crippen molar-refractivity contribution in [3.63, 3.8) is 0 Å². The third kappa shape index (κ3) is 3.28. The summed E-state index contributed by atoms with van der Waals surface area (Å²) in [6, 6.07) is 7.82. The fourth-order valence-electron chi connectivity index (χ4n) is 5.16. The van der Waals surface area contributed by atoms with E-state index in [2.05, 4.69) is 32.2 Å². The summed E-state index contributed by atoms with van der Waals surface area (Å²) >= 11 is 0. The Labute approximate surface area is 179 Å². The van der Waals surface area contributed by atoms with E-state index in [0.717, 1.165) is 35.2 Å². The number of amides is 1. The van der Waals surface area contributed by atoms with Crippen molar-refractivity contribution in [1.29, 1.82) is 0 Å². The zero-order chi connectivity index (χ0) is 21.8. The van der Waals surface area contributed by atoms with Gasteiger partial charge in [-0.2, -0.15) is 0 Å². The molecule has 158 valence electrons. The van der Waals surface area contributed by atoms with Crippen LogP contribution in [0.15, 0.2) is 35.9 Å². The van der Waals surface area contributed by atoms with Gasteiger partial charge in [0.15, 0.2) is 0 Å². The lowest BCUT2D eigenvalue weighted by Gasteiger charge is -2.46. The molecule has 2 unspecified atom stereocenters. The number of carbonyl (C=O) groups excluding carboxylic acids is 1. The Bertz CT molecular complexity index is 1040. The molecule has 0 spiro atoms. The van der Waals surface area contributed by atoms with Gasteiger partial charge in [-0.05, 0) is 77.1 Å². The van der Waals surface area contributed by atoms with E-state index in [1.54, 1.807) is 0 Å². The highest BCUT2D eigenvalue weighted by atomic mass is 16.5. The van der Waals surface area contributed by atoms with Crippen molar-refractivity contribution in [2.75, 3.05) is 5.32 Å². The van der Waals surface area contributed by atoms with Crippen LogP contribution in [-0.4, -0.2) is 16.6 Å². The number of ether oxygens (including phenoxy) is 1. The van der Waals surface area contributed by atoms with E-state index in [-0.39, 0.29) is 29.1 Å².